The van der Waals surface area contributed by atoms with Crippen molar-refractivity contribution in [2.75, 3.05) is 26.7 Å². The molecule has 0 saturated carbocycles. The van der Waals surface area contributed by atoms with Crippen LogP contribution >= 0.6 is 0 Å². The fourth-order valence-electron chi connectivity index (χ4n) is 2.97. The van der Waals surface area contributed by atoms with Crippen molar-refractivity contribution in [3.05, 3.63) is 0 Å². The Labute approximate surface area is 115 Å². The van der Waals surface area contributed by atoms with Gasteiger partial charge in [-0.15, -0.1) is 0 Å². The minimum atomic E-state index is -0.131. The fourth-order valence-corrected chi connectivity index (χ4v) is 2.97. The summed E-state index contributed by atoms with van der Waals surface area (Å²) in [4.78, 5) is 27.8. The second kappa shape index (κ2) is 5.12. The third kappa shape index (κ3) is 2.91. The molecule has 19 heavy (non-hydrogen) atoms. The third-order valence-electron chi connectivity index (χ3n) is 4.63. The average Bonchev–Trinajstić information content (AvgIpc) is 2.35. The Bertz CT molecular complexity index is 381. The summed E-state index contributed by atoms with van der Waals surface area (Å²) in [5, 5.41) is 0. The number of piperidine rings is 2. The zero-order valence-electron chi connectivity index (χ0n) is 12.2. The van der Waals surface area contributed by atoms with E-state index in [2.05, 4.69) is 13.8 Å². The second-order valence-corrected chi connectivity index (χ2v) is 6.65. The Balaban J connectivity index is 1.99. The molecule has 2 atom stereocenters. The Morgan fingerprint density at radius 2 is 2.00 bits per heavy atom. The fraction of sp³-hybridized carbons (Fsp3) is 0.857. The van der Waals surface area contributed by atoms with Gasteiger partial charge in [0.15, 0.2) is 0 Å². The molecule has 5 nitrogen and oxygen atoms in total. The van der Waals surface area contributed by atoms with E-state index in [1.807, 2.05) is 4.90 Å². The summed E-state index contributed by atoms with van der Waals surface area (Å²) in [6, 6.07) is 0.149. The highest BCUT2D eigenvalue weighted by atomic mass is 16.2. The van der Waals surface area contributed by atoms with Gasteiger partial charge in [-0.1, -0.05) is 13.8 Å². The number of amides is 2. The number of carbonyl (C=O) groups is 2. The van der Waals surface area contributed by atoms with Gasteiger partial charge in [-0.2, -0.15) is 0 Å². The van der Waals surface area contributed by atoms with Crippen LogP contribution < -0.4 is 5.73 Å². The predicted octanol–water partition coefficient (Wildman–Crippen LogP) is 0.441. The Kier molecular flexibility index (Phi) is 3.85. The Hall–Kier alpha value is -1.10. The van der Waals surface area contributed by atoms with Gasteiger partial charge in [0.2, 0.25) is 11.8 Å². The van der Waals surface area contributed by atoms with Gasteiger partial charge >= 0.3 is 0 Å². The first-order valence-electron chi connectivity index (χ1n) is 7.09. The number of hydrogen-bond acceptors (Lipinski definition) is 3. The summed E-state index contributed by atoms with van der Waals surface area (Å²) < 4.78 is 0. The molecule has 0 aromatic heterocycles. The Morgan fingerprint density at radius 1 is 1.32 bits per heavy atom. The van der Waals surface area contributed by atoms with E-state index in [0.29, 0.717) is 19.5 Å². The zero-order chi connectivity index (χ0) is 14.2. The first kappa shape index (κ1) is 14.3. The molecule has 2 fully saturated rings. The van der Waals surface area contributed by atoms with Gasteiger partial charge in [0.05, 0.1) is 0 Å². The van der Waals surface area contributed by atoms with Gasteiger partial charge in [0.1, 0.15) is 0 Å². The quantitative estimate of drug-likeness (QED) is 0.749. The van der Waals surface area contributed by atoms with Gasteiger partial charge in [0, 0.05) is 45.1 Å². The van der Waals surface area contributed by atoms with Crippen LogP contribution in [0.1, 0.15) is 33.1 Å². The molecule has 108 valence electrons. The van der Waals surface area contributed by atoms with E-state index in [1.54, 1.807) is 11.9 Å². The topological polar surface area (TPSA) is 66.6 Å². The minimum Gasteiger partial charge on any atom is -0.346 e. The first-order valence-corrected chi connectivity index (χ1v) is 7.09. The molecule has 2 heterocycles. The average molecular weight is 267 g/mol. The number of rotatable bonds is 1. The summed E-state index contributed by atoms with van der Waals surface area (Å²) in [7, 11) is 1.80. The maximum atomic E-state index is 12.5. The van der Waals surface area contributed by atoms with E-state index in [0.717, 1.165) is 19.4 Å². The normalized spacial score (nSPS) is 31.5. The van der Waals surface area contributed by atoms with Gasteiger partial charge in [-0.25, -0.2) is 0 Å². The van der Waals surface area contributed by atoms with Crippen LogP contribution in [-0.4, -0.2) is 54.3 Å². The molecule has 0 spiro atoms. The summed E-state index contributed by atoms with van der Waals surface area (Å²) >= 11 is 0. The molecule has 0 aliphatic carbocycles. The molecule has 5 heteroatoms. The lowest BCUT2D eigenvalue weighted by Crippen LogP contribution is -2.55. The van der Waals surface area contributed by atoms with E-state index in [9.17, 15) is 9.59 Å². The van der Waals surface area contributed by atoms with Crippen molar-refractivity contribution in [3.63, 3.8) is 0 Å². The molecular formula is C14H25N3O2. The van der Waals surface area contributed by atoms with Crippen molar-refractivity contribution in [1.82, 2.24) is 9.80 Å². The molecule has 2 aliphatic rings. The molecule has 0 aromatic rings. The van der Waals surface area contributed by atoms with Crippen molar-refractivity contribution >= 4 is 11.8 Å². The monoisotopic (exact) mass is 267 g/mol. The molecule has 2 N–H and O–H groups in total. The van der Waals surface area contributed by atoms with Crippen molar-refractivity contribution in [1.29, 1.82) is 0 Å². The van der Waals surface area contributed by atoms with Crippen LogP contribution in [-0.2, 0) is 9.59 Å². The molecule has 2 amide bonds. The highest BCUT2D eigenvalue weighted by Crippen LogP contribution is 2.30. The molecule has 0 bridgehead atoms. The summed E-state index contributed by atoms with van der Waals surface area (Å²) in [5.74, 6) is 0.0906. The SMILES string of the molecule is CN1CCC(C(=O)N2CCC(N)C(C)(C)C2)CC1=O. The van der Waals surface area contributed by atoms with Crippen molar-refractivity contribution in [2.24, 2.45) is 17.1 Å². The van der Waals surface area contributed by atoms with Crippen molar-refractivity contribution in [2.45, 2.75) is 39.2 Å². The lowest BCUT2D eigenvalue weighted by Gasteiger charge is -2.44. The van der Waals surface area contributed by atoms with Crippen LogP contribution in [0.4, 0.5) is 0 Å². The van der Waals surface area contributed by atoms with Gasteiger partial charge in [-0.3, -0.25) is 9.59 Å². The van der Waals surface area contributed by atoms with E-state index in [1.165, 1.54) is 0 Å². The summed E-state index contributed by atoms with van der Waals surface area (Å²) in [5.41, 5.74) is 6.06. The second-order valence-electron chi connectivity index (χ2n) is 6.65. The van der Waals surface area contributed by atoms with Crippen molar-refractivity contribution in [3.8, 4) is 0 Å². The number of hydrogen-bond donors (Lipinski definition) is 1. The molecule has 0 aromatic carbocycles. The number of likely N-dealkylation sites (tertiary alicyclic amines) is 2. The Morgan fingerprint density at radius 3 is 2.58 bits per heavy atom. The van der Waals surface area contributed by atoms with Crippen LogP contribution in [0.3, 0.4) is 0 Å². The van der Waals surface area contributed by atoms with Crippen LogP contribution in [0, 0.1) is 11.3 Å². The standard InChI is InChI=1S/C14H25N3O2/c1-14(2)9-17(7-5-11(14)15)13(19)10-4-6-16(3)12(18)8-10/h10-11H,4-9,15H2,1-3H3. The van der Waals surface area contributed by atoms with Gasteiger partial charge < -0.3 is 15.5 Å². The molecule has 0 radical (unpaired) electrons. The lowest BCUT2D eigenvalue weighted by molar-refractivity contribution is -0.146. The van der Waals surface area contributed by atoms with Crippen LogP contribution in [0.5, 0.6) is 0 Å². The summed E-state index contributed by atoms with van der Waals surface area (Å²) in [6.45, 7) is 6.33. The molecule has 2 rings (SSSR count). The highest BCUT2D eigenvalue weighted by molar-refractivity contribution is 5.87. The highest BCUT2D eigenvalue weighted by Gasteiger charge is 2.38. The van der Waals surface area contributed by atoms with Crippen molar-refractivity contribution < 1.29 is 9.59 Å². The number of nitrogens with two attached hydrogens (primary N) is 1. The largest absolute Gasteiger partial charge is 0.346 e. The maximum absolute atomic E-state index is 12.5. The van der Waals surface area contributed by atoms with Crippen LogP contribution in [0.2, 0.25) is 0 Å². The minimum absolute atomic E-state index is 0.0383. The summed E-state index contributed by atoms with van der Waals surface area (Å²) in [6.07, 6.45) is 1.99. The van der Waals surface area contributed by atoms with Crippen LogP contribution in [0.15, 0.2) is 0 Å². The van der Waals surface area contributed by atoms with Gasteiger partial charge in [-0.05, 0) is 18.3 Å². The number of carbonyl (C=O) groups excluding carboxylic acids is 2. The predicted molar refractivity (Wildman–Crippen MR) is 73.3 cm³/mol. The maximum Gasteiger partial charge on any atom is 0.226 e. The molecule has 2 aliphatic heterocycles. The smallest absolute Gasteiger partial charge is 0.226 e. The van der Waals surface area contributed by atoms with E-state index in [4.69, 9.17) is 5.73 Å². The van der Waals surface area contributed by atoms with E-state index < -0.39 is 0 Å². The number of nitrogens with zero attached hydrogens (tertiary/aromatic N) is 2. The lowest BCUT2D eigenvalue weighted by atomic mass is 9.79. The third-order valence-corrected chi connectivity index (χ3v) is 4.63. The van der Waals surface area contributed by atoms with E-state index >= 15 is 0 Å². The molecule has 2 unspecified atom stereocenters. The zero-order valence-corrected chi connectivity index (χ0v) is 12.2. The molecule has 2 saturated heterocycles. The first-order chi connectivity index (χ1) is 8.81. The molecular weight excluding hydrogens is 242 g/mol. The van der Waals surface area contributed by atoms with Crippen LogP contribution in [0.25, 0.3) is 0 Å². The van der Waals surface area contributed by atoms with E-state index in [-0.39, 0.29) is 29.2 Å². The van der Waals surface area contributed by atoms with Gasteiger partial charge in [0.25, 0.3) is 0 Å².